The first kappa shape index (κ1) is 17.5. The lowest BCUT2D eigenvalue weighted by Crippen LogP contribution is -2.46. The fraction of sp³-hybridized carbons (Fsp3) is 0.263. The standard InChI is InChI=1S/C19H19FN2O2S/c20-14-7-5-13(6-8-14)18(23)21-15-9-11-22(12-10-15)19(24)16-3-1-2-4-17(16)25/h1-8,15,25H,9-12H2,(H,21,23). The van der Waals surface area contributed by atoms with Crippen LogP contribution in [0.2, 0.25) is 0 Å². The molecule has 6 heteroatoms. The highest BCUT2D eigenvalue weighted by Crippen LogP contribution is 2.19. The predicted molar refractivity (Wildman–Crippen MR) is 96.5 cm³/mol. The Morgan fingerprint density at radius 2 is 1.68 bits per heavy atom. The van der Waals surface area contributed by atoms with Crippen molar-refractivity contribution < 1.29 is 14.0 Å². The number of piperidine rings is 1. The summed E-state index contributed by atoms with van der Waals surface area (Å²) in [6.45, 7) is 1.16. The van der Waals surface area contributed by atoms with Crippen LogP contribution < -0.4 is 5.32 Å². The predicted octanol–water partition coefficient (Wildman–Crippen LogP) is 3.15. The van der Waals surface area contributed by atoms with Crippen LogP contribution in [0.15, 0.2) is 53.4 Å². The van der Waals surface area contributed by atoms with Crippen molar-refractivity contribution in [1.29, 1.82) is 0 Å². The van der Waals surface area contributed by atoms with Crippen LogP contribution >= 0.6 is 12.6 Å². The van der Waals surface area contributed by atoms with Gasteiger partial charge in [0, 0.05) is 29.6 Å². The summed E-state index contributed by atoms with van der Waals surface area (Å²) in [6, 6.07) is 12.7. The van der Waals surface area contributed by atoms with Gasteiger partial charge < -0.3 is 10.2 Å². The molecular formula is C19H19FN2O2S. The Balaban J connectivity index is 1.55. The van der Waals surface area contributed by atoms with E-state index in [2.05, 4.69) is 17.9 Å². The molecule has 2 aromatic rings. The van der Waals surface area contributed by atoms with E-state index < -0.39 is 0 Å². The Morgan fingerprint density at radius 1 is 1.04 bits per heavy atom. The molecule has 0 spiro atoms. The zero-order valence-electron chi connectivity index (χ0n) is 13.6. The minimum Gasteiger partial charge on any atom is -0.349 e. The lowest BCUT2D eigenvalue weighted by Gasteiger charge is -2.32. The molecule has 0 aliphatic carbocycles. The summed E-state index contributed by atoms with van der Waals surface area (Å²) in [5.74, 6) is -0.618. The average molecular weight is 358 g/mol. The van der Waals surface area contributed by atoms with Crippen LogP contribution in [0.1, 0.15) is 33.6 Å². The first-order valence-electron chi connectivity index (χ1n) is 8.18. The van der Waals surface area contributed by atoms with Gasteiger partial charge >= 0.3 is 0 Å². The summed E-state index contributed by atoms with van der Waals surface area (Å²) < 4.78 is 12.9. The van der Waals surface area contributed by atoms with Crippen molar-refractivity contribution in [2.75, 3.05) is 13.1 Å². The number of thiol groups is 1. The van der Waals surface area contributed by atoms with Crippen LogP contribution in [0.25, 0.3) is 0 Å². The number of rotatable bonds is 3. The van der Waals surface area contributed by atoms with E-state index in [1.807, 2.05) is 12.1 Å². The van der Waals surface area contributed by atoms with Crippen molar-refractivity contribution in [2.24, 2.45) is 0 Å². The molecule has 0 atom stereocenters. The van der Waals surface area contributed by atoms with Gasteiger partial charge in [-0.3, -0.25) is 9.59 Å². The summed E-state index contributed by atoms with van der Waals surface area (Å²) in [5, 5.41) is 2.95. The molecule has 2 amide bonds. The molecule has 0 aromatic heterocycles. The topological polar surface area (TPSA) is 49.4 Å². The van der Waals surface area contributed by atoms with Crippen LogP contribution in [0, 0.1) is 5.82 Å². The largest absolute Gasteiger partial charge is 0.349 e. The Bertz CT molecular complexity index is 771. The molecule has 0 saturated carbocycles. The molecule has 1 N–H and O–H groups in total. The first-order valence-corrected chi connectivity index (χ1v) is 8.63. The minimum atomic E-state index is -0.368. The van der Waals surface area contributed by atoms with E-state index in [1.54, 1.807) is 17.0 Å². The molecule has 1 fully saturated rings. The summed E-state index contributed by atoms with van der Waals surface area (Å²) >= 11 is 4.34. The van der Waals surface area contributed by atoms with Gasteiger partial charge in [-0.25, -0.2) is 4.39 Å². The molecule has 3 rings (SSSR count). The van der Waals surface area contributed by atoms with E-state index in [0.717, 1.165) is 0 Å². The zero-order valence-corrected chi connectivity index (χ0v) is 14.5. The molecule has 1 heterocycles. The molecule has 0 unspecified atom stereocenters. The number of halogens is 1. The Morgan fingerprint density at radius 3 is 2.32 bits per heavy atom. The highest BCUT2D eigenvalue weighted by molar-refractivity contribution is 7.80. The number of hydrogen-bond acceptors (Lipinski definition) is 3. The molecule has 1 aliphatic rings. The van der Waals surface area contributed by atoms with Crippen LogP contribution in [-0.4, -0.2) is 35.8 Å². The first-order chi connectivity index (χ1) is 12.0. The number of nitrogens with one attached hydrogen (secondary N) is 1. The number of amides is 2. The van der Waals surface area contributed by atoms with Gasteiger partial charge in [-0.1, -0.05) is 12.1 Å². The molecule has 25 heavy (non-hydrogen) atoms. The van der Waals surface area contributed by atoms with Gasteiger partial charge in [-0.2, -0.15) is 0 Å². The normalized spacial score (nSPS) is 15.0. The van der Waals surface area contributed by atoms with Crippen molar-refractivity contribution in [3.63, 3.8) is 0 Å². The number of likely N-dealkylation sites (tertiary alicyclic amines) is 1. The molecule has 4 nitrogen and oxygen atoms in total. The monoisotopic (exact) mass is 358 g/mol. The molecule has 2 aromatic carbocycles. The lowest BCUT2D eigenvalue weighted by molar-refractivity contribution is 0.0695. The number of nitrogens with zero attached hydrogens (tertiary/aromatic N) is 1. The van der Waals surface area contributed by atoms with E-state index in [4.69, 9.17) is 0 Å². The van der Waals surface area contributed by atoms with Crippen molar-refractivity contribution in [3.8, 4) is 0 Å². The number of benzene rings is 2. The fourth-order valence-corrected chi connectivity index (χ4v) is 3.18. The van der Waals surface area contributed by atoms with Gasteiger partial charge in [0.1, 0.15) is 5.82 Å². The van der Waals surface area contributed by atoms with E-state index in [1.165, 1.54) is 24.3 Å². The highest BCUT2D eigenvalue weighted by Gasteiger charge is 2.25. The maximum absolute atomic E-state index is 12.9. The maximum Gasteiger partial charge on any atom is 0.254 e. The second kappa shape index (κ2) is 7.70. The molecule has 0 radical (unpaired) electrons. The fourth-order valence-electron chi connectivity index (χ4n) is 2.92. The molecular weight excluding hydrogens is 339 g/mol. The maximum atomic E-state index is 12.9. The summed E-state index contributed by atoms with van der Waals surface area (Å²) in [6.07, 6.45) is 1.38. The number of carbonyl (C=O) groups is 2. The summed E-state index contributed by atoms with van der Waals surface area (Å²) in [5.41, 5.74) is 1.03. The highest BCUT2D eigenvalue weighted by atomic mass is 32.1. The Labute approximate surface area is 151 Å². The SMILES string of the molecule is O=C(NC1CCN(C(=O)c2ccccc2S)CC1)c1ccc(F)cc1. The second-order valence-corrected chi connectivity index (χ2v) is 6.55. The van der Waals surface area contributed by atoms with E-state index in [-0.39, 0.29) is 23.7 Å². The van der Waals surface area contributed by atoms with Crippen LogP contribution in [0.3, 0.4) is 0 Å². The third-order valence-corrected chi connectivity index (χ3v) is 4.75. The zero-order chi connectivity index (χ0) is 17.8. The third kappa shape index (κ3) is 4.20. The average Bonchev–Trinajstić information content (AvgIpc) is 2.63. The molecule has 1 saturated heterocycles. The van der Waals surface area contributed by atoms with Gasteiger partial charge in [0.15, 0.2) is 0 Å². The van der Waals surface area contributed by atoms with Gasteiger partial charge in [-0.05, 0) is 49.2 Å². The number of hydrogen-bond donors (Lipinski definition) is 2. The quantitative estimate of drug-likeness (QED) is 0.828. The van der Waals surface area contributed by atoms with Crippen molar-refractivity contribution in [2.45, 2.75) is 23.8 Å². The third-order valence-electron chi connectivity index (χ3n) is 4.36. The second-order valence-electron chi connectivity index (χ2n) is 6.06. The van der Waals surface area contributed by atoms with Gasteiger partial charge in [-0.15, -0.1) is 12.6 Å². The van der Waals surface area contributed by atoms with Crippen LogP contribution in [-0.2, 0) is 0 Å². The van der Waals surface area contributed by atoms with Gasteiger partial charge in [0.2, 0.25) is 0 Å². The van der Waals surface area contributed by atoms with Gasteiger partial charge in [0.25, 0.3) is 11.8 Å². The van der Waals surface area contributed by atoms with Crippen LogP contribution in [0.5, 0.6) is 0 Å². The lowest BCUT2D eigenvalue weighted by atomic mass is 10.0. The van der Waals surface area contributed by atoms with E-state index in [9.17, 15) is 14.0 Å². The van der Waals surface area contributed by atoms with E-state index in [0.29, 0.717) is 42.0 Å². The van der Waals surface area contributed by atoms with Gasteiger partial charge in [0.05, 0.1) is 5.56 Å². The smallest absolute Gasteiger partial charge is 0.254 e. The van der Waals surface area contributed by atoms with E-state index >= 15 is 0 Å². The summed E-state index contributed by atoms with van der Waals surface area (Å²) in [7, 11) is 0. The molecule has 1 aliphatic heterocycles. The molecule has 130 valence electrons. The number of carbonyl (C=O) groups excluding carboxylic acids is 2. The van der Waals surface area contributed by atoms with Crippen molar-refractivity contribution >= 4 is 24.4 Å². The summed E-state index contributed by atoms with van der Waals surface area (Å²) in [4.78, 5) is 27.2. The van der Waals surface area contributed by atoms with Crippen molar-refractivity contribution in [1.82, 2.24) is 10.2 Å². The minimum absolute atomic E-state index is 0.00727. The van der Waals surface area contributed by atoms with Crippen LogP contribution in [0.4, 0.5) is 4.39 Å². The Kier molecular flexibility index (Phi) is 5.38. The molecule has 0 bridgehead atoms. The van der Waals surface area contributed by atoms with Crippen molar-refractivity contribution in [3.05, 3.63) is 65.5 Å². The Hall–Kier alpha value is -2.34.